The van der Waals surface area contributed by atoms with Gasteiger partial charge in [0.2, 0.25) is 0 Å². The SMILES string of the molecule is C=C/C=C\c1[nH]nc(NCCc2ccc[n+](C)c2)c1N. The van der Waals surface area contributed by atoms with E-state index in [1.54, 1.807) is 6.08 Å². The smallest absolute Gasteiger partial charge is 0.171 e. The Morgan fingerprint density at radius 3 is 3.15 bits per heavy atom. The molecule has 2 heterocycles. The zero-order valence-electron chi connectivity index (χ0n) is 11.6. The molecule has 4 N–H and O–H groups in total. The Hall–Kier alpha value is -2.56. The second kappa shape index (κ2) is 6.56. The van der Waals surface area contributed by atoms with Crippen LogP contribution in [0.25, 0.3) is 6.08 Å². The summed E-state index contributed by atoms with van der Waals surface area (Å²) in [6.45, 7) is 4.40. The molecule has 0 aromatic carbocycles. The van der Waals surface area contributed by atoms with E-state index >= 15 is 0 Å². The van der Waals surface area contributed by atoms with Gasteiger partial charge in [-0.1, -0.05) is 18.7 Å². The second-order valence-corrected chi connectivity index (χ2v) is 4.55. The fourth-order valence-corrected chi connectivity index (χ4v) is 1.91. The van der Waals surface area contributed by atoms with Crippen molar-refractivity contribution in [1.29, 1.82) is 0 Å². The molecule has 0 atom stereocenters. The minimum Gasteiger partial charge on any atom is -0.394 e. The van der Waals surface area contributed by atoms with Crippen molar-refractivity contribution in [3.63, 3.8) is 0 Å². The molecule has 0 spiro atoms. The summed E-state index contributed by atoms with van der Waals surface area (Å²) < 4.78 is 2.04. The maximum Gasteiger partial charge on any atom is 0.171 e. The number of hydrogen-bond donors (Lipinski definition) is 3. The molecule has 104 valence electrons. The standard InChI is InChI=1S/C15H20N5/c1-3-4-7-13-14(16)15(19-18-13)17-9-8-12-6-5-10-20(2)11-12/h3-7,10-11H,1,8-9,16H2,2H3,(H2,17,18,19)/q+1/b7-4-. The molecule has 0 radical (unpaired) electrons. The summed E-state index contributed by atoms with van der Waals surface area (Å²) in [4.78, 5) is 0. The average molecular weight is 270 g/mol. The Bertz CT molecular complexity index is 612. The van der Waals surface area contributed by atoms with Crippen molar-refractivity contribution in [3.05, 3.63) is 54.5 Å². The zero-order valence-corrected chi connectivity index (χ0v) is 11.6. The monoisotopic (exact) mass is 270 g/mol. The molecule has 0 saturated carbocycles. The summed E-state index contributed by atoms with van der Waals surface area (Å²) in [5, 5.41) is 10.3. The highest BCUT2D eigenvalue weighted by atomic mass is 15.2. The van der Waals surface area contributed by atoms with E-state index in [0.29, 0.717) is 11.5 Å². The van der Waals surface area contributed by atoms with Gasteiger partial charge in [-0.05, 0) is 18.6 Å². The van der Waals surface area contributed by atoms with Crippen LogP contribution in [-0.2, 0) is 13.5 Å². The topological polar surface area (TPSA) is 70.6 Å². The van der Waals surface area contributed by atoms with Crippen molar-refractivity contribution in [2.75, 3.05) is 17.6 Å². The number of rotatable bonds is 6. The molecule has 5 nitrogen and oxygen atoms in total. The molecule has 20 heavy (non-hydrogen) atoms. The van der Waals surface area contributed by atoms with E-state index in [9.17, 15) is 0 Å². The van der Waals surface area contributed by atoms with E-state index in [1.807, 2.05) is 36.0 Å². The van der Waals surface area contributed by atoms with Gasteiger partial charge in [0.1, 0.15) is 12.7 Å². The van der Waals surface area contributed by atoms with Crippen LogP contribution in [0.5, 0.6) is 0 Å². The Labute approximate surface area is 118 Å². The van der Waals surface area contributed by atoms with Crippen LogP contribution in [0.4, 0.5) is 11.5 Å². The number of anilines is 2. The van der Waals surface area contributed by atoms with Crippen LogP contribution in [-0.4, -0.2) is 16.7 Å². The average Bonchev–Trinajstić information content (AvgIpc) is 2.78. The number of nitrogens with two attached hydrogens (primary N) is 1. The van der Waals surface area contributed by atoms with Gasteiger partial charge in [-0.2, -0.15) is 5.10 Å². The quantitative estimate of drug-likeness (QED) is 0.552. The number of nitrogens with one attached hydrogen (secondary N) is 2. The fourth-order valence-electron chi connectivity index (χ4n) is 1.91. The molecule has 0 aliphatic carbocycles. The molecule has 5 heteroatoms. The van der Waals surface area contributed by atoms with Crippen molar-refractivity contribution in [2.45, 2.75) is 6.42 Å². The minimum absolute atomic E-state index is 0.627. The van der Waals surface area contributed by atoms with Crippen molar-refractivity contribution in [3.8, 4) is 0 Å². The molecule has 0 fully saturated rings. The first kappa shape index (κ1) is 13.9. The van der Waals surface area contributed by atoms with Gasteiger partial charge in [-0.3, -0.25) is 5.10 Å². The molecule has 0 aliphatic rings. The molecule has 0 unspecified atom stereocenters. The lowest BCUT2D eigenvalue weighted by Crippen LogP contribution is -2.27. The zero-order chi connectivity index (χ0) is 14.4. The van der Waals surface area contributed by atoms with Gasteiger partial charge >= 0.3 is 0 Å². The number of H-pyrrole nitrogens is 1. The summed E-state index contributed by atoms with van der Waals surface area (Å²) in [5.74, 6) is 0.689. The van der Waals surface area contributed by atoms with E-state index in [0.717, 1.165) is 18.7 Å². The maximum atomic E-state index is 6.00. The lowest BCUT2D eigenvalue weighted by atomic mass is 10.2. The number of nitrogens with zero attached hydrogens (tertiary/aromatic N) is 2. The van der Waals surface area contributed by atoms with Gasteiger partial charge in [0.15, 0.2) is 18.2 Å². The highest BCUT2D eigenvalue weighted by molar-refractivity contribution is 5.72. The Kier molecular flexibility index (Phi) is 4.55. The molecule has 0 bridgehead atoms. The third-order valence-electron chi connectivity index (χ3n) is 2.94. The number of aromatic amines is 1. The van der Waals surface area contributed by atoms with Crippen LogP contribution in [0.2, 0.25) is 0 Å². The van der Waals surface area contributed by atoms with Crippen LogP contribution in [0, 0.1) is 0 Å². The molecule has 2 rings (SSSR count). The predicted octanol–water partition coefficient (Wildman–Crippen LogP) is 1.67. The summed E-state index contributed by atoms with van der Waals surface area (Å²) >= 11 is 0. The van der Waals surface area contributed by atoms with Crippen LogP contribution >= 0.6 is 0 Å². The third kappa shape index (κ3) is 3.47. The van der Waals surface area contributed by atoms with Crippen molar-refractivity contribution >= 4 is 17.6 Å². The minimum atomic E-state index is 0.627. The molecular weight excluding hydrogens is 250 g/mol. The number of pyridine rings is 1. The number of aromatic nitrogens is 3. The van der Waals surface area contributed by atoms with E-state index in [2.05, 4.69) is 34.4 Å². The molecule has 0 amide bonds. The van der Waals surface area contributed by atoms with Gasteiger partial charge in [0.05, 0.1) is 5.69 Å². The highest BCUT2D eigenvalue weighted by Gasteiger charge is 2.07. The number of allylic oxidation sites excluding steroid dienone is 2. The van der Waals surface area contributed by atoms with E-state index in [4.69, 9.17) is 5.73 Å². The van der Waals surface area contributed by atoms with Gasteiger partial charge < -0.3 is 11.1 Å². The lowest BCUT2D eigenvalue weighted by molar-refractivity contribution is -0.671. The van der Waals surface area contributed by atoms with Gasteiger partial charge in [-0.25, -0.2) is 4.57 Å². The number of aryl methyl sites for hydroxylation is 1. The maximum absolute atomic E-state index is 6.00. The normalized spacial score (nSPS) is 10.8. The van der Waals surface area contributed by atoms with Gasteiger partial charge in [0.25, 0.3) is 0 Å². The van der Waals surface area contributed by atoms with Gasteiger partial charge in [-0.15, -0.1) is 0 Å². The molecular formula is C15H20N5+. The lowest BCUT2D eigenvalue weighted by Gasteiger charge is -2.03. The molecule has 2 aromatic heterocycles. The number of nitrogen functional groups attached to an aromatic ring is 1. The Morgan fingerprint density at radius 2 is 2.40 bits per heavy atom. The van der Waals surface area contributed by atoms with Crippen molar-refractivity contribution < 1.29 is 4.57 Å². The van der Waals surface area contributed by atoms with E-state index < -0.39 is 0 Å². The largest absolute Gasteiger partial charge is 0.394 e. The number of hydrogen-bond acceptors (Lipinski definition) is 3. The van der Waals surface area contributed by atoms with Crippen LogP contribution < -0.4 is 15.6 Å². The Balaban J connectivity index is 1.93. The first-order valence-electron chi connectivity index (χ1n) is 6.51. The molecule has 2 aromatic rings. The first-order valence-corrected chi connectivity index (χ1v) is 6.51. The third-order valence-corrected chi connectivity index (χ3v) is 2.94. The van der Waals surface area contributed by atoms with Crippen LogP contribution in [0.1, 0.15) is 11.3 Å². The fraction of sp³-hybridized carbons (Fsp3) is 0.200. The summed E-state index contributed by atoms with van der Waals surface area (Å²) in [6, 6.07) is 4.14. The predicted molar refractivity (Wildman–Crippen MR) is 82.0 cm³/mol. The first-order chi connectivity index (χ1) is 9.70. The van der Waals surface area contributed by atoms with E-state index in [-0.39, 0.29) is 0 Å². The highest BCUT2D eigenvalue weighted by Crippen LogP contribution is 2.20. The van der Waals surface area contributed by atoms with Crippen LogP contribution in [0.15, 0.2) is 43.3 Å². The van der Waals surface area contributed by atoms with Crippen LogP contribution in [0.3, 0.4) is 0 Å². The van der Waals surface area contributed by atoms with Gasteiger partial charge in [0, 0.05) is 18.2 Å². The second-order valence-electron chi connectivity index (χ2n) is 4.55. The molecule has 0 saturated heterocycles. The summed E-state index contributed by atoms with van der Waals surface area (Å²) in [5.41, 5.74) is 8.69. The van der Waals surface area contributed by atoms with Crippen molar-refractivity contribution in [1.82, 2.24) is 10.2 Å². The van der Waals surface area contributed by atoms with Crippen molar-refractivity contribution in [2.24, 2.45) is 7.05 Å². The summed E-state index contributed by atoms with van der Waals surface area (Å²) in [7, 11) is 2.01. The van der Waals surface area contributed by atoms with E-state index in [1.165, 1.54) is 5.56 Å². The molecule has 0 aliphatic heterocycles. The Morgan fingerprint density at radius 1 is 1.55 bits per heavy atom. The summed E-state index contributed by atoms with van der Waals surface area (Å²) in [6.07, 6.45) is 10.4.